The lowest BCUT2D eigenvalue weighted by molar-refractivity contribution is -0.119. The van der Waals surface area contributed by atoms with Crippen molar-refractivity contribution >= 4 is 48.3 Å². The Hall–Kier alpha value is -2.60. The Kier molecular flexibility index (Phi) is 6.04. The summed E-state index contributed by atoms with van der Waals surface area (Å²) in [5, 5.41) is 3.75. The van der Waals surface area contributed by atoms with E-state index < -0.39 is 32.7 Å². The largest absolute Gasteiger partial charge is 0.378 e. The van der Waals surface area contributed by atoms with Crippen molar-refractivity contribution in [2.75, 3.05) is 43.1 Å². The van der Waals surface area contributed by atoms with Gasteiger partial charge in [0, 0.05) is 25.3 Å². The molecule has 2 aromatic carbocycles. The molecule has 2 aliphatic rings. The van der Waals surface area contributed by atoms with E-state index in [9.17, 15) is 17.6 Å². The molecule has 0 bridgehead atoms. The Bertz CT molecular complexity index is 1290. The van der Waals surface area contributed by atoms with Gasteiger partial charge < -0.3 is 15.0 Å². The normalized spacial score (nSPS) is 19.8. The van der Waals surface area contributed by atoms with Gasteiger partial charge in [0.15, 0.2) is 5.13 Å². The minimum atomic E-state index is -4.13. The number of amides is 1. The molecule has 1 unspecified atom stereocenters. The van der Waals surface area contributed by atoms with Crippen LogP contribution in [0.1, 0.15) is 12.8 Å². The third-order valence-corrected chi connectivity index (χ3v) is 8.88. The van der Waals surface area contributed by atoms with Crippen molar-refractivity contribution in [2.24, 2.45) is 0 Å². The monoisotopic (exact) mass is 490 g/mol. The van der Waals surface area contributed by atoms with Gasteiger partial charge in [-0.3, -0.25) is 4.79 Å². The third-order valence-electron chi connectivity index (χ3n) is 5.86. The molecule has 0 aliphatic carbocycles. The summed E-state index contributed by atoms with van der Waals surface area (Å²) in [5.41, 5.74) is 1.41. The molecule has 1 N–H and O–H groups in total. The van der Waals surface area contributed by atoms with Crippen LogP contribution >= 0.6 is 11.3 Å². The van der Waals surface area contributed by atoms with Gasteiger partial charge in [-0.05, 0) is 43.2 Å². The number of aromatic nitrogens is 1. The molecule has 3 heterocycles. The highest BCUT2D eigenvalue weighted by Crippen LogP contribution is 2.32. The van der Waals surface area contributed by atoms with Gasteiger partial charge >= 0.3 is 0 Å². The molecule has 1 aromatic heterocycles. The average molecular weight is 491 g/mol. The van der Waals surface area contributed by atoms with Crippen LogP contribution in [0.3, 0.4) is 0 Å². The molecule has 1 atom stereocenters. The molecule has 2 saturated heterocycles. The summed E-state index contributed by atoms with van der Waals surface area (Å²) in [4.78, 5) is 19.5. The van der Waals surface area contributed by atoms with E-state index in [0.29, 0.717) is 31.7 Å². The predicted molar refractivity (Wildman–Crippen MR) is 125 cm³/mol. The standard InChI is InChI=1S/C22H23FN4O4S2/c23-16-4-1-2-6-20(16)33(29,30)27-9-3-5-18(27)21(28)24-15-7-8-17-19(14-15)32-22(25-17)26-10-12-31-13-11-26/h1-2,4,6-8,14,18H,3,5,9-13H2,(H,24,28). The summed E-state index contributed by atoms with van der Waals surface area (Å²) in [5.74, 6) is -1.25. The molecule has 2 fully saturated rings. The van der Waals surface area contributed by atoms with Crippen molar-refractivity contribution in [2.45, 2.75) is 23.8 Å². The van der Waals surface area contributed by atoms with Crippen LogP contribution in [0.15, 0.2) is 47.4 Å². The first-order chi connectivity index (χ1) is 15.9. The number of sulfonamides is 1. The Balaban J connectivity index is 1.34. The number of thiazole rings is 1. The number of nitrogens with zero attached hydrogens (tertiary/aromatic N) is 3. The number of hydrogen-bond donors (Lipinski definition) is 1. The number of anilines is 2. The van der Waals surface area contributed by atoms with Crippen LogP contribution < -0.4 is 10.2 Å². The van der Waals surface area contributed by atoms with Crippen molar-refractivity contribution in [1.29, 1.82) is 0 Å². The maximum atomic E-state index is 14.2. The molecule has 2 aliphatic heterocycles. The second kappa shape index (κ2) is 8.98. The smallest absolute Gasteiger partial charge is 0.246 e. The van der Waals surface area contributed by atoms with Gasteiger partial charge in [0.2, 0.25) is 15.9 Å². The molecule has 174 valence electrons. The summed E-state index contributed by atoms with van der Waals surface area (Å²) in [7, 11) is -4.13. The molecule has 0 spiro atoms. The summed E-state index contributed by atoms with van der Waals surface area (Å²) < 4.78 is 47.7. The molecular formula is C22H23FN4O4S2. The lowest BCUT2D eigenvalue weighted by Crippen LogP contribution is -2.43. The van der Waals surface area contributed by atoms with Crippen LogP contribution in [0, 0.1) is 5.82 Å². The van der Waals surface area contributed by atoms with Crippen LogP contribution in [0.4, 0.5) is 15.2 Å². The first kappa shape index (κ1) is 22.2. The minimum Gasteiger partial charge on any atom is -0.378 e. The number of nitrogens with one attached hydrogen (secondary N) is 1. The second-order valence-corrected chi connectivity index (χ2v) is 10.8. The molecule has 0 saturated carbocycles. The van der Waals surface area contributed by atoms with Crippen LogP contribution in [0.2, 0.25) is 0 Å². The van der Waals surface area contributed by atoms with E-state index in [1.807, 2.05) is 12.1 Å². The first-order valence-corrected chi connectivity index (χ1v) is 13.0. The first-order valence-electron chi connectivity index (χ1n) is 10.7. The van der Waals surface area contributed by atoms with E-state index in [4.69, 9.17) is 4.74 Å². The third kappa shape index (κ3) is 4.33. The summed E-state index contributed by atoms with van der Waals surface area (Å²) >= 11 is 1.54. The van der Waals surface area contributed by atoms with Gasteiger partial charge in [-0.1, -0.05) is 23.5 Å². The van der Waals surface area contributed by atoms with E-state index in [-0.39, 0.29) is 6.54 Å². The summed E-state index contributed by atoms with van der Waals surface area (Å²) in [6, 6.07) is 9.78. The molecule has 33 heavy (non-hydrogen) atoms. The number of rotatable bonds is 5. The van der Waals surface area contributed by atoms with Gasteiger partial charge in [0.1, 0.15) is 16.8 Å². The Morgan fingerprint density at radius 2 is 1.94 bits per heavy atom. The van der Waals surface area contributed by atoms with Crippen molar-refractivity contribution in [1.82, 2.24) is 9.29 Å². The van der Waals surface area contributed by atoms with Crippen molar-refractivity contribution < 1.29 is 22.3 Å². The van der Waals surface area contributed by atoms with E-state index in [0.717, 1.165) is 38.8 Å². The maximum Gasteiger partial charge on any atom is 0.246 e. The van der Waals surface area contributed by atoms with E-state index in [2.05, 4.69) is 15.2 Å². The van der Waals surface area contributed by atoms with Crippen LogP contribution in [-0.2, 0) is 19.6 Å². The van der Waals surface area contributed by atoms with E-state index in [1.54, 1.807) is 17.4 Å². The highest BCUT2D eigenvalue weighted by molar-refractivity contribution is 7.89. The molecule has 11 heteroatoms. The van der Waals surface area contributed by atoms with Gasteiger partial charge in [0.25, 0.3) is 0 Å². The fourth-order valence-corrected chi connectivity index (χ4v) is 6.96. The van der Waals surface area contributed by atoms with Gasteiger partial charge in [-0.2, -0.15) is 4.31 Å². The minimum absolute atomic E-state index is 0.172. The highest BCUT2D eigenvalue weighted by atomic mass is 32.2. The molecule has 8 nitrogen and oxygen atoms in total. The van der Waals surface area contributed by atoms with E-state index >= 15 is 0 Å². The van der Waals surface area contributed by atoms with Gasteiger partial charge in [-0.15, -0.1) is 0 Å². The lowest BCUT2D eigenvalue weighted by atomic mass is 10.2. The lowest BCUT2D eigenvalue weighted by Gasteiger charge is -2.25. The number of benzene rings is 2. The molecule has 5 rings (SSSR count). The fraction of sp³-hybridized carbons (Fsp3) is 0.364. The molecular weight excluding hydrogens is 467 g/mol. The quantitative estimate of drug-likeness (QED) is 0.591. The predicted octanol–water partition coefficient (Wildman–Crippen LogP) is 3.06. The van der Waals surface area contributed by atoms with E-state index in [1.165, 1.54) is 18.2 Å². The number of morpholine rings is 1. The fourth-order valence-electron chi connectivity index (χ4n) is 4.18. The number of fused-ring (bicyclic) bond motifs is 1. The van der Waals surface area contributed by atoms with Crippen molar-refractivity contribution in [3.05, 3.63) is 48.3 Å². The summed E-state index contributed by atoms with van der Waals surface area (Å²) in [6.07, 6.45) is 0.909. The van der Waals surface area contributed by atoms with Crippen molar-refractivity contribution in [3.8, 4) is 0 Å². The number of ether oxygens (including phenoxy) is 1. The number of hydrogen-bond acceptors (Lipinski definition) is 7. The van der Waals surface area contributed by atoms with Gasteiger partial charge in [0.05, 0.1) is 23.4 Å². The second-order valence-electron chi connectivity index (χ2n) is 7.97. The van der Waals surface area contributed by atoms with Crippen LogP contribution in [-0.4, -0.2) is 62.5 Å². The number of carbonyl (C=O) groups is 1. The van der Waals surface area contributed by atoms with Gasteiger partial charge in [-0.25, -0.2) is 17.8 Å². The van der Waals surface area contributed by atoms with Crippen LogP contribution in [0.25, 0.3) is 10.2 Å². The average Bonchev–Trinajstić information content (AvgIpc) is 3.47. The topological polar surface area (TPSA) is 91.8 Å². The zero-order valence-corrected chi connectivity index (χ0v) is 19.4. The Labute approximate surface area is 195 Å². The Morgan fingerprint density at radius 3 is 2.73 bits per heavy atom. The highest BCUT2D eigenvalue weighted by Gasteiger charge is 2.40. The molecule has 1 amide bonds. The zero-order valence-electron chi connectivity index (χ0n) is 17.7. The van der Waals surface area contributed by atoms with Crippen molar-refractivity contribution in [3.63, 3.8) is 0 Å². The SMILES string of the molecule is O=C(Nc1ccc2nc(N3CCOCC3)sc2c1)C1CCCN1S(=O)(=O)c1ccccc1F. The zero-order chi connectivity index (χ0) is 23.0. The Morgan fingerprint density at radius 1 is 1.15 bits per heavy atom. The maximum absolute atomic E-state index is 14.2. The summed E-state index contributed by atoms with van der Waals surface area (Å²) in [6.45, 7) is 3.09. The van der Waals surface area contributed by atoms with Crippen LogP contribution in [0.5, 0.6) is 0 Å². The molecule has 0 radical (unpaired) electrons. The number of halogens is 1. The number of carbonyl (C=O) groups excluding carboxylic acids is 1. The molecule has 3 aromatic rings.